The van der Waals surface area contributed by atoms with E-state index in [9.17, 15) is 19.2 Å². The summed E-state index contributed by atoms with van der Waals surface area (Å²) in [5.41, 5.74) is 3.16. The Balaban J connectivity index is 1.42. The summed E-state index contributed by atoms with van der Waals surface area (Å²) in [5, 5.41) is 5.91. The van der Waals surface area contributed by atoms with Crippen LogP contribution in [-0.4, -0.2) is 34.6 Å². The van der Waals surface area contributed by atoms with Gasteiger partial charge in [-0.25, -0.2) is 0 Å². The van der Waals surface area contributed by atoms with Gasteiger partial charge in [-0.1, -0.05) is 42.8 Å². The summed E-state index contributed by atoms with van der Waals surface area (Å²) in [7, 11) is 0. The molecular weight excluding hydrogens is 430 g/mol. The summed E-state index contributed by atoms with van der Waals surface area (Å²) in [6.07, 6.45) is 1.21. The van der Waals surface area contributed by atoms with Crippen molar-refractivity contribution >= 4 is 35.2 Å². The van der Waals surface area contributed by atoms with E-state index in [0.29, 0.717) is 36.5 Å². The largest absolute Gasteiger partial charge is 0.351 e. The van der Waals surface area contributed by atoms with Gasteiger partial charge in [-0.05, 0) is 47.7 Å². The zero-order valence-electron chi connectivity index (χ0n) is 17.7. The topological polar surface area (TPSA) is 95.6 Å². The first-order valence-electron chi connectivity index (χ1n) is 10.7. The average Bonchev–Trinajstić information content (AvgIpc) is 3.09. The van der Waals surface area contributed by atoms with Gasteiger partial charge in [0.15, 0.2) is 0 Å². The Morgan fingerprint density at radius 1 is 1.19 bits per heavy atom. The fraction of sp³-hybridized carbons (Fsp3) is 0.333. The summed E-state index contributed by atoms with van der Waals surface area (Å²) < 4.78 is 0. The second-order valence-electron chi connectivity index (χ2n) is 8.12. The minimum Gasteiger partial charge on any atom is -0.351 e. The molecule has 32 heavy (non-hydrogen) atoms. The quantitative estimate of drug-likeness (QED) is 0.657. The van der Waals surface area contributed by atoms with Gasteiger partial charge in [0.25, 0.3) is 5.91 Å². The minimum atomic E-state index is -0.638. The molecule has 0 aliphatic carbocycles. The minimum absolute atomic E-state index is 0.0726. The predicted octanol–water partition coefficient (Wildman–Crippen LogP) is 2.91. The van der Waals surface area contributed by atoms with Crippen LogP contribution in [0.5, 0.6) is 0 Å². The number of nitrogens with one attached hydrogen (secondary N) is 2. The smallest absolute Gasteiger partial charge is 0.255 e. The molecule has 0 radical (unpaired) electrons. The van der Waals surface area contributed by atoms with E-state index in [0.717, 1.165) is 16.7 Å². The Morgan fingerprint density at radius 3 is 2.62 bits per heavy atom. The average molecular weight is 454 g/mol. The molecule has 8 heteroatoms. The first-order valence-corrected chi connectivity index (χ1v) is 11.0. The number of carbonyl (C=O) groups is 4. The summed E-state index contributed by atoms with van der Waals surface area (Å²) >= 11 is 5.95. The van der Waals surface area contributed by atoms with Gasteiger partial charge in [-0.15, -0.1) is 0 Å². The molecule has 1 saturated heterocycles. The van der Waals surface area contributed by atoms with E-state index in [1.54, 1.807) is 18.2 Å². The van der Waals surface area contributed by atoms with Crippen molar-refractivity contribution in [1.82, 2.24) is 15.5 Å². The SMILES string of the molecule is CCC(C(=O)NCc1ccc2c(c1)CN(C1CCC(=O)NC1=O)C2=O)c1ccc(Cl)cc1. The van der Waals surface area contributed by atoms with Gasteiger partial charge in [0.1, 0.15) is 6.04 Å². The second-order valence-corrected chi connectivity index (χ2v) is 8.56. The van der Waals surface area contributed by atoms with Crippen molar-refractivity contribution in [3.05, 3.63) is 69.7 Å². The molecule has 0 saturated carbocycles. The first kappa shape index (κ1) is 22.0. The normalized spacial score (nSPS) is 18.9. The highest BCUT2D eigenvalue weighted by atomic mass is 35.5. The Hall–Kier alpha value is -3.19. The standard InChI is InChI=1S/C24H24ClN3O4/c1-2-18(15-4-6-17(25)7-5-15)22(30)26-12-14-3-8-19-16(11-14)13-28(24(19)32)20-9-10-21(29)27-23(20)31/h3-8,11,18,20H,2,9-10,12-13H2,1H3,(H,26,30)(H,27,29,31). The number of hydrogen-bond acceptors (Lipinski definition) is 4. The molecular formula is C24H24ClN3O4. The monoisotopic (exact) mass is 453 g/mol. The first-order chi connectivity index (χ1) is 15.4. The van der Waals surface area contributed by atoms with Gasteiger partial charge in [-0.3, -0.25) is 24.5 Å². The van der Waals surface area contributed by atoms with Crippen molar-refractivity contribution in [3.63, 3.8) is 0 Å². The van der Waals surface area contributed by atoms with E-state index < -0.39 is 11.9 Å². The number of benzene rings is 2. The summed E-state index contributed by atoms with van der Waals surface area (Å²) in [6.45, 7) is 2.61. The fourth-order valence-corrected chi connectivity index (χ4v) is 4.44. The van der Waals surface area contributed by atoms with Crippen molar-refractivity contribution in [3.8, 4) is 0 Å². The van der Waals surface area contributed by atoms with Gasteiger partial charge in [0.2, 0.25) is 17.7 Å². The van der Waals surface area contributed by atoms with Gasteiger partial charge in [-0.2, -0.15) is 0 Å². The van der Waals surface area contributed by atoms with Crippen molar-refractivity contribution in [2.24, 2.45) is 0 Å². The summed E-state index contributed by atoms with van der Waals surface area (Å²) in [4.78, 5) is 50.7. The highest BCUT2D eigenvalue weighted by Crippen LogP contribution is 2.28. The highest BCUT2D eigenvalue weighted by molar-refractivity contribution is 6.30. The molecule has 0 spiro atoms. The third-order valence-electron chi connectivity index (χ3n) is 6.05. The van der Waals surface area contributed by atoms with Crippen molar-refractivity contribution in [2.45, 2.75) is 51.2 Å². The fourth-order valence-electron chi connectivity index (χ4n) is 4.32. The number of fused-ring (bicyclic) bond motifs is 1. The van der Waals surface area contributed by atoms with E-state index in [2.05, 4.69) is 10.6 Å². The lowest BCUT2D eigenvalue weighted by molar-refractivity contribution is -0.137. The van der Waals surface area contributed by atoms with E-state index in [1.807, 2.05) is 31.2 Å². The Kier molecular flexibility index (Phi) is 6.28. The summed E-state index contributed by atoms with van der Waals surface area (Å²) in [6, 6.07) is 12.1. The van der Waals surface area contributed by atoms with E-state index in [1.165, 1.54) is 4.90 Å². The lowest BCUT2D eigenvalue weighted by Crippen LogP contribution is -2.52. The molecule has 2 unspecified atom stereocenters. The Morgan fingerprint density at radius 2 is 1.94 bits per heavy atom. The van der Waals surface area contributed by atoms with Crippen molar-refractivity contribution in [2.75, 3.05) is 0 Å². The molecule has 2 atom stereocenters. The molecule has 4 rings (SSSR count). The maximum absolute atomic E-state index is 12.8. The molecule has 2 aromatic rings. The van der Waals surface area contributed by atoms with Crippen LogP contribution in [0.3, 0.4) is 0 Å². The van der Waals surface area contributed by atoms with Gasteiger partial charge >= 0.3 is 0 Å². The number of amides is 4. The molecule has 2 aliphatic heterocycles. The van der Waals surface area contributed by atoms with Gasteiger partial charge in [0.05, 0.1) is 5.92 Å². The van der Waals surface area contributed by atoms with Crippen LogP contribution in [-0.2, 0) is 27.5 Å². The molecule has 166 valence electrons. The maximum atomic E-state index is 12.8. The zero-order chi connectivity index (χ0) is 22.8. The van der Waals surface area contributed by atoms with Crippen LogP contribution in [0.2, 0.25) is 5.02 Å². The molecule has 1 fully saturated rings. The lowest BCUT2D eigenvalue weighted by Gasteiger charge is -2.29. The van der Waals surface area contributed by atoms with Crippen LogP contribution in [0.4, 0.5) is 0 Å². The molecule has 0 aromatic heterocycles. The molecule has 0 bridgehead atoms. The molecule has 2 aliphatic rings. The van der Waals surface area contributed by atoms with Gasteiger partial charge < -0.3 is 10.2 Å². The molecule has 7 nitrogen and oxygen atoms in total. The van der Waals surface area contributed by atoms with E-state index >= 15 is 0 Å². The molecule has 2 heterocycles. The number of hydrogen-bond donors (Lipinski definition) is 2. The van der Waals surface area contributed by atoms with Crippen LogP contribution < -0.4 is 10.6 Å². The number of imide groups is 1. The predicted molar refractivity (Wildman–Crippen MR) is 119 cm³/mol. The number of carbonyl (C=O) groups excluding carboxylic acids is 4. The Bertz CT molecular complexity index is 1080. The number of halogens is 1. The van der Waals surface area contributed by atoms with E-state index in [-0.39, 0.29) is 30.1 Å². The Labute approximate surface area is 191 Å². The van der Waals surface area contributed by atoms with Crippen LogP contribution in [0.1, 0.15) is 59.2 Å². The lowest BCUT2D eigenvalue weighted by atomic mass is 9.95. The summed E-state index contributed by atoms with van der Waals surface area (Å²) in [5.74, 6) is -1.29. The van der Waals surface area contributed by atoms with E-state index in [4.69, 9.17) is 11.6 Å². The third-order valence-corrected chi connectivity index (χ3v) is 6.30. The van der Waals surface area contributed by atoms with Crippen molar-refractivity contribution in [1.29, 1.82) is 0 Å². The van der Waals surface area contributed by atoms with Gasteiger partial charge in [0, 0.05) is 30.1 Å². The van der Waals surface area contributed by atoms with Crippen LogP contribution in [0.25, 0.3) is 0 Å². The van der Waals surface area contributed by atoms with Crippen LogP contribution in [0, 0.1) is 0 Å². The number of nitrogens with zero attached hydrogens (tertiary/aromatic N) is 1. The molecule has 2 N–H and O–H groups in total. The second kappa shape index (κ2) is 9.12. The third kappa shape index (κ3) is 4.39. The van der Waals surface area contributed by atoms with Crippen molar-refractivity contribution < 1.29 is 19.2 Å². The van der Waals surface area contributed by atoms with Crippen LogP contribution in [0.15, 0.2) is 42.5 Å². The molecule has 4 amide bonds. The highest BCUT2D eigenvalue weighted by Gasteiger charge is 2.39. The zero-order valence-corrected chi connectivity index (χ0v) is 18.4. The number of piperidine rings is 1. The molecule has 2 aromatic carbocycles. The number of rotatable bonds is 6. The van der Waals surface area contributed by atoms with Crippen LogP contribution >= 0.6 is 11.6 Å². The maximum Gasteiger partial charge on any atom is 0.255 e.